The summed E-state index contributed by atoms with van der Waals surface area (Å²) < 4.78 is 4.73. The number of nitrogens with zero attached hydrogens (tertiary/aromatic N) is 2. The van der Waals surface area contributed by atoms with Crippen LogP contribution in [0.25, 0.3) is 0 Å². The van der Waals surface area contributed by atoms with Gasteiger partial charge in [-0.05, 0) is 50.3 Å². The fourth-order valence-corrected chi connectivity index (χ4v) is 4.54. The first-order valence-corrected chi connectivity index (χ1v) is 9.87. The van der Waals surface area contributed by atoms with Gasteiger partial charge in [0.1, 0.15) is 6.04 Å². The van der Waals surface area contributed by atoms with Crippen molar-refractivity contribution in [3.63, 3.8) is 0 Å². The molecule has 0 bridgehead atoms. The maximum atomic E-state index is 13.1. The van der Waals surface area contributed by atoms with Gasteiger partial charge in [0.2, 0.25) is 5.91 Å². The number of carbonyl (C=O) groups is 2. The van der Waals surface area contributed by atoms with Crippen molar-refractivity contribution in [2.75, 3.05) is 40.3 Å². The van der Waals surface area contributed by atoms with E-state index < -0.39 is 12.1 Å². The molecule has 2 heterocycles. The van der Waals surface area contributed by atoms with Gasteiger partial charge in [-0.3, -0.25) is 4.79 Å². The van der Waals surface area contributed by atoms with E-state index in [-0.39, 0.29) is 5.91 Å². The summed E-state index contributed by atoms with van der Waals surface area (Å²) in [7, 11) is 3.51. The molecular formula is C21H31N3O3. The predicted molar refractivity (Wildman–Crippen MR) is 104 cm³/mol. The summed E-state index contributed by atoms with van der Waals surface area (Å²) in [5.41, 5.74) is 1.38. The molecule has 1 aromatic carbocycles. The number of hydrogen-bond donors (Lipinski definition) is 1. The molecule has 2 aliphatic rings. The van der Waals surface area contributed by atoms with E-state index in [0.717, 1.165) is 38.0 Å². The minimum Gasteiger partial charge on any atom is -0.453 e. The molecule has 0 saturated carbocycles. The lowest BCUT2D eigenvalue weighted by Crippen LogP contribution is -2.55. The van der Waals surface area contributed by atoms with Crippen LogP contribution in [0.3, 0.4) is 0 Å². The largest absolute Gasteiger partial charge is 0.453 e. The lowest BCUT2D eigenvalue weighted by Gasteiger charge is -2.47. The van der Waals surface area contributed by atoms with Gasteiger partial charge in [-0.1, -0.05) is 30.3 Å². The Morgan fingerprint density at radius 2 is 1.85 bits per heavy atom. The van der Waals surface area contributed by atoms with Gasteiger partial charge in [-0.15, -0.1) is 0 Å². The standard InChI is InChI=1S/C21H31N3O3/c1-23-12-6-9-21(16-23)10-13-24(14-11-21)19(25)18(22-20(26)27-2)15-17-7-4-3-5-8-17/h3-5,7-8,18H,6,9-16H2,1-2H3,(H,22,26). The molecule has 1 atom stereocenters. The molecule has 6 nitrogen and oxygen atoms in total. The van der Waals surface area contributed by atoms with Crippen LogP contribution < -0.4 is 5.32 Å². The zero-order valence-electron chi connectivity index (χ0n) is 16.4. The summed E-state index contributed by atoms with van der Waals surface area (Å²) >= 11 is 0. The van der Waals surface area contributed by atoms with Crippen molar-refractivity contribution in [1.82, 2.24) is 15.1 Å². The minimum atomic E-state index is -0.595. The first kappa shape index (κ1) is 19.7. The molecule has 27 heavy (non-hydrogen) atoms. The number of hydrogen-bond acceptors (Lipinski definition) is 4. The Bertz CT molecular complexity index is 641. The van der Waals surface area contributed by atoms with Gasteiger partial charge in [-0.2, -0.15) is 0 Å². The Labute approximate surface area is 161 Å². The van der Waals surface area contributed by atoms with Gasteiger partial charge in [0.15, 0.2) is 0 Å². The Morgan fingerprint density at radius 3 is 2.48 bits per heavy atom. The Hall–Kier alpha value is -2.08. The summed E-state index contributed by atoms with van der Waals surface area (Å²) in [5.74, 6) is -0.0109. The number of alkyl carbamates (subject to hydrolysis) is 1. The van der Waals surface area contributed by atoms with Gasteiger partial charge in [0.25, 0.3) is 0 Å². The normalized spacial score (nSPS) is 20.9. The van der Waals surface area contributed by atoms with Crippen LogP contribution in [0.5, 0.6) is 0 Å². The molecular weight excluding hydrogens is 342 g/mol. The van der Waals surface area contributed by atoms with E-state index in [4.69, 9.17) is 4.74 Å². The Balaban J connectivity index is 1.64. The predicted octanol–water partition coefficient (Wildman–Crippen LogP) is 2.29. The Kier molecular flexibility index (Phi) is 6.37. The van der Waals surface area contributed by atoms with Crippen molar-refractivity contribution in [3.05, 3.63) is 35.9 Å². The molecule has 1 N–H and O–H groups in total. The topological polar surface area (TPSA) is 61.9 Å². The molecule has 2 saturated heterocycles. The summed E-state index contributed by atoms with van der Waals surface area (Å²) in [6, 6.07) is 9.19. The number of rotatable bonds is 4. The second kappa shape index (κ2) is 8.74. The number of methoxy groups -OCH3 is 1. The minimum absolute atomic E-state index is 0.0109. The average Bonchev–Trinajstić information content (AvgIpc) is 2.68. The first-order chi connectivity index (χ1) is 13.0. The van der Waals surface area contributed by atoms with Gasteiger partial charge in [0, 0.05) is 26.1 Å². The van der Waals surface area contributed by atoms with Crippen LogP contribution in [-0.4, -0.2) is 68.2 Å². The molecule has 0 radical (unpaired) electrons. The second-order valence-electron chi connectivity index (χ2n) is 8.04. The van der Waals surface area contributed by atoms with Crippen molar-refractivity contribution in [2.24, 2.45) is 5.41 Å². The number of carbonyl (C=O) groups excluding carboxylic acids is 2. The number of piperidine rings is 2. The van der Waals surface area contributed by atoms with Crippen LogP contribution in [0.2, 0.25) is 0 Å². The molecule has 1 unspecified atom stereocenters. The molecule has 1 spiro atoms. The van der Waals surface area contributed by atoms with E-state index in [0.29, 0.717) is 11.8 Å². The molecule has 2 aliphatic heterocycles. The summed E-state index contributed by atoms with van der Waals surface area (Å²) in [6.07, 6.45) is 4.49. The molecule has 0 aromatic heterocycles. The SMILES string of the molecule is COC(=O)NC(Cc1ccccc1)C(=O)N1CCC2(CCCN(C)C2)CC1. The number of nitrogens with one attached hydrogen (secondary N) is 1. The third kappa shape index (κ3) is 5.01. The zero-order chi connectivity index (χ0) is 19.3. The van der Waals surface area contributed by atoms with Crippen LogP contribution in [-0.2, 0) is 16.0 Å². The van der Waals surface area contributed by atoms with Crippen LogP contribution in [0, 0.1) is 5.41 Å². The lowest BCUT2D eigenvalue weighted by atomic mass is 9.72. The quantitative estimate of drug-likeness (QED) is 0.880. The van der Waals surface area contributed by atoms with E-state index in [1.165, 1.54) is 26.5 Å². The fourth-order valence-electron chi connectivity index (χ4n) is 4.54. The average molecular weight is 373 g/mol. The van der Waals surface area contributed by atoms with E-state index in [9.17, 15) is 9.59 Å². The highest BCUT2D eigenvalue weighted by atomic mass is 16.5. The Morgan fingerprint density at radius 1 is 1.15 bits per heavy atom. The summed E-state index contributed by atoms with van der Waals surface area (Å²) in [4.78, 5) is 29.2. The van der Waals surface area contributed by atoms with E-state index >= 15 is 0 Å². The number of ether oxygens (including phenoxy) is 1. The van der Waals surface area contributed by atoms with Crippen molar-refractivity contribution < 1.29 is 14.3 Å². The molecule has 0 aliphatic carbocycles. The van der Waals surface area contributed by atoms with Gasteiger partial charge >= 0.3 is 6.09 Å². The highest BCUT2D eigenvalue weighted by molar-refractivity contribution is 5.86. The van der Waals surface area contributed by atoms with Crippen molar-refractivity contribution in [1.29, 1.82) is 0 Å². The smallest absolute Gasteiger partial charge is 0.407 e. The van der Waals surface area contributed by atoms with Crippen LogP contribution >= 0.6 is 0 Å². The monoisotopic (exact) mass is 373 g/mol. The maximum Gasteiger partial charge on any atom is 0.407 e. The number of benzene rings is 1. The van der Waals surface area contributed by atoms with Crippen LogP contribution in [0.4, 0.5) is 4.79 Å². The van der Waals surface area contributed by atoms with Crippen LogP contribution in [0.1, 0.15) is 31.2 Å². The highest BCUT2D eigenvalue weighted by Gasteiger charge is 2.39. The lowest BCUT2D eigenvalue weighted by molar-refractivity contribution is -0.136. The van der Waals surface area contributed by atoms with E-state index in [1.54, 1.807) is 0 Å². The summed E-state index contributed by atoms with van der Waals surface area (Å²) in [5, 5.41) is 2.73. The number of amides is 2. The third-order valence-electron chi connectivity index (χ3n) is 6.05. The van der Waals surface area contributed by atoms with Gasteiger partial charge in [0.05, 0.1) is 7.11 Å². The van der Waals surface area contributed by atoms with Gasteiger partial charge < -0.3 is 19.9 Å². The third-order valence-corrected chi connectivity index (χ3v) is 6.05. The molecule has 2 amide bonds. The molecule has 6 heteroatoms. The molecule has 1 aromatic rings. The fraction of sp³-hybridized carbons (Fsp3) is 0.619. The van der Waals surface area contributed by atoms with E-state index in [1.807, 2.05) is 35.2 Å². The highest BCUT2D eigenvalue weighted by Crippen LogP contribution is 2.39. The van der Waals surface area contributed by atoms with Crippen LogP contribution in [0.15, 0.2) is 30.3 Å². The zero-order valence-corrected chi connectivity index (χ0v) is 16.4. The first-order valence-electron chi connectivity index (χ1n) is 9.87. The maximum absolute atomic E-state index is 13.1. The van der Waals surface area contributed by atoms with Gasteiger partial charge in [-0.25, -0.2) is 4.79 Å². The van der Waals surface area contributed by atoms with Crippen molar-refractivity contribution in [2.45, 2.75) is 38.1 Å². The van der Waals surface area contributed by atoms with Crippen molar-refractivity contribution in [3.8, 4) is 0 Å². The van der Waals surface area contributed by atoms with E-state index in [2.05, 4.69) is 17.3 Å². The molecule has 2 fully saturated rings. The van der Waals surface area contributed by atoms with Crippen molar-refractivity contribution >= 4 is 12.0 Å². The molecule has 148 valence electrons. The summed E-state index contributed by atoms with van der Waals surface area (Å²) in [6.45, 7) is 3.83. The second-order valence-corrected chi connectivity index (χ2v) is 8.04. The molecule has 3 rings (SSSR count). The number of likely N-dealkylation sites (tertiary alicyclic amines) is 2.